The van der Waals surface area contributed by atoms with Crippen LogP contribution in [0.4, 0.5) is 0 Å². The zero-order valence-electron chi connectivity index (χ0n) is 12.6. The number of halogens is 1. The quantitative estimate of drug-likeness (QED) is 0.540. The number of rotatable bonds is 9. The van der Waals surface area contributed by atoms with E-state index in [0.717, 1.165) is 13.0 Å². The molecule has 1 nitrogen and oxygen atoms in total. The van der Waals surface area contributed by atoms with Gasteiger partial charge in [-0.05, 0) is 46.5 Å². The van der Waals surface area contributed by atoms with Gasteiger partial charge in [0, 0.05) is 17.5 Å². The third kappa shape index (κ3) is 5.93. The molecule has 0 radical (unpaired) electrons. The second-order valence-corrected chi connectivity index (χ2v) is 7.92. The molecule has 0 aliphatic rings. The van der Waals surface area contributed by atoms with E-state index in [1.165, 1.54) is 39.9 Å². The molecule has 1 heterocycles. The molecule has 0 aliphatic heterocycles. The Morgan fingerprint density at radius 3 is 2.57 bits per heavy atom. The zero-order chi connectivity index (χ0) is 14.9. The highest BCUT2D eigenvalue weighted by Crippen LogP contribution is 2.23. The molecule has 0 aliphatic carbocycles. The Morgan fingerprint density at radius 2 is 1.90 bits per heavy atom. The van der Waals surface area contributed by atoms with Gasteiger partial charge in [0.1, 0.15) is 0 Å². The summed E-state index contributed by atoms with van der Waals surface area (Å²) in [4.78, 5) is 1.44. The number of hydrogen-bond donors (Lipinski definition) is 1. The van der Waals surface area contributed by atoms with Crippen molar-refractivity contribution >= 4 is 27.3 Å². The molecule has 2 rings (SSSR count). The molecule has 1 atom stereocenters. The van der Waals surface area contributed by atoms with Crippen molar-refractivity contribution in [2.45, 2.75) is 45.1 Å². The fraction of sp³-hybridized carbons (Fsp3) is 0.444. The van der Waals surface area contributed by atoms with Crippen LogP contribution in [0.25, 0.3) is 0 Å². The topological polar surface area (TPSA) is 12.0 Å². The second kappa shape index (κ2) is 9.39. The number of thiophene rings is 1. The number of hydrogen-bond acceptors (Lipinski definition) is 2. The van der Waals surface area contributed by atoms with Crippen LogP contribution >= 0.6 is 27.3 Å². The van der Waals surface area contributed by atoms with Gasteiger partial charge in [-0.25, -0.2) is 0 Å². The Balaban J connectivity index is 1.86. The minimum atomic E-state index is 0.487. The lowest BCUT2D eigenvalue weighted by atomic mass is 10.0. The van der Waals surface area contributed by atoms with E-state index in [1.54, 1.807) is 0 Å². The van der Waals surface area contributed by atoms with Crippen LogP contribution in [0.1, 0.15) is 49.1 Å². The minimum absolute atomic E-state index is 0.487. The van der Waals surface area contributed by atoms with Gasteiger partial charge in [0.05, 0.1) is 3.79 Å². The van der Waals surface area contributed by atoms with E-state index in [2.05, 4.69) is 70.6 Å². The molecule has 0 fully saturated rings. The van der Waals surface area contributed by atoms with E-state index in [9.17, 15) is 0 Å². The molecule has 1 aromatic carbocycles. The van der Waals surface area contributed by atoms with Crippen molar-refractivity contribution in [3.05, 3.63) is 56.7 Å². The Morgan fingerprint density at radius 1 is 1.10 bits per heavy atom. The summed E-state index contributed by atoms with van der Waals surface area (Å²) in [7, 11) is 0. The van der Waals surface area contributed by atoms with Crippen LogP contribution in [0.15, 0.2) is 46.3 Å². The molecule has 0 bridgehead atoms. The molecule has 1 aromatic heterocycles. The molecule has 0 amide bonds. The van der Waals surface area contributed by atoms with Gasteiger partial charge in [0.15, 0.2) is 0 Å². The van der Waals surface area contributed by atoms with E-state index in [-0.39, 0.29) is 0 Å². The van der Waals surface area contributed by atoms with Crippen LogP contribution < -0.4 is 5.32 Å². The molecule has 0 saturated heterocycles. The molecular formula is C18H24BrNS. The summed E-state index contributed by atoms with van der Waals surface area (Å²) in [6.07, 6.45) is 6.24. The van der Waals surface area contributed by atoms with Crippen molar-refractivity contribution < 1.29 is 0 Å². The molecular weight excluding hydrogens is 342 g/mol. The molecule has 2 aromatic rings. The van der Waals surface area contributed by atoms with Crippen LogP contribution in [-0.4, -0.2) is 6.54 Å². The van der Waals surface area contributed by atoms with Gasteiger partial charge in [0.2, 0.25) is 0 Å². The van der Waals surface area contributed by atoms with E-state index in [1.807, 2.05) is 11.3 Å². The monoisotopic (exact) mass is 365 g/mol. The summed E-state index contributed by atoms with van der Waals surface area (Å²) in [5.41, 5.74) is 1.42. The van der Waals surface area contributed by atoms with Gasteiger partial charge in [0.25, 0.3) is 0 Å². The molecule has 0 spiro atoms. The standard InChI is InChI=1S/C18H24BrNS/c1-2-3-5-10-17(15-8-6-4-7-9-15)20-14-13-16-11-12-18(19)21-16/h4,6-9,11-12,17,20H,2-3,5,10,13-14H2,1H3. The summed E-state index contributed by atoms with van der Waals surface area (Å²) >= 11 is 5.36. The van der Waals surface area contributed by atoms with E-state index >= 15 is 0 Å². The highest BCUT2D eigenvalue weighted by molar-refractivity contribution is 9.11. The Bertz CT molecular complexity index is 509. The first kappa shape index (κ1) is 16.7. The van der Waals surface area contributed by atoms with Gasteiger partial charge in [-0.3, -0.25) is 0 Å². The molecule has 21 heavy (non-hydrogen) atoms. The van der Waals surface area contributed by atoms with Crippen molar-refractivity contribution in [2.75, 3.05) is 6.54 Å². The van der Waals surface area contributed by atoms with Crippen molar-refractivity contribution in [1.29, 1.82) is 0 Å². The first-order valence-corrected chi connectivity index (χ1v) is 9.43. The summed E-state index contributed by atoms with van der Waals surface area (Å²) in [5, 5.41) is 3.74. The van der Waals surface area contributed by atoms with Crippen LogP contribution in [0.5, 0.6) is 0 Å². The molecule has 114 valence electrons. The molecule has 3 heteroatoms. The first-order valence-electron chi connectivity index (χ1n) is 7.82. The van der Waals surface area contributed by atoms with E-state index < -0.39 is 0 Å². The highest BCUT2D eigenvalue weighted by atomic mass is 79.9. The third-order valence-electron chi connectivity index (χ3n) is 3.69. The predicted molar refractivity (Wildman–Crippen MR) is 97.1 cm³/mol. The Hall–Kier alpha value is -0.640. The van der Waals surface area contributed by atoms with Crippen LogP contribution in [0.2, 0.25) is 0 Å². The maximum absolute atomic E-state index is 3.74. The van der Waals surface area contributed by atoms with Crippen LogP contribution in [-0.2, 0) is 6.42 Å². The van der Waals surface area contributed by atoms with Gasteiger partial charge in [-0.2, -0.15) is 0 Å². The number of unbranched alkanes of at least 4 members (excludes halogenated alkanes) is 2. The fourth-order valence-electron chi connectivity index (χ4n) is 2.53. The van der Waals surface area contributed by atoms with Gasteiger partial charge < -0.3 is 5.32 Å². The first-order chi connectivity index (χ1) is 10.3. The van der Waals surface area contributed by atoms with E-state index in [4.69, 9.17) is 0 Å². The predicted octanol–water partition coefficient (Wildman–Crippen LogP) is 5.96. The van der Waals surface area contributed by atoms with Crippen molar-refractivity contribution in [3.8, 4) is 0 Å². The summed E-state index contributed by atoms with van der Waals surface area (Å²) in [5.74, 6) is 0. The fourth-order valence-corrected chi connectivity index (χ4v) is 4.01. The number of benzene rings is 1. The average Bonchev–Trinajstić information content (AvgIpc) is 2.92. The lowest BCUT2D eigenvalue weighted by Crippen LogP contribution is -2.23. The normalized spacial score (nSPS) is 12.5. The second-order valence-electron chi connectivity index (χ2n) is 5.37. The maximum atomic E-state index is 3.74. The SMILES string of the molecule is CCCCCC(NCCc1ccc(Br)s1)c1ccccc1. The van der Waals surface area contributed by atoms with Crippen LogP contribution in [0.3, 0.4) is 0 Å². The van der Waals surface area contributed by atoms with Crippen molar-refractivity contribution in [1.82, 2.24) is 5.32 Å². The largest absolute Gasteiger partial charge is 0.310 e. The highest BCUT2D eigenvalue weighted by Gasteiger charge is 2.10. The smallest absolute Gasteiger partial charge is 0.0701 e. The number of nitrogens with one attached hydrogen (secondary N) is 1. The lowest BCUT2D eigenvalue weighted by molar-refractivity contribution is 0.478. The van der Waals surface area contributed by atoms with Gasteiger partial charge in [-0.15, -0.1) is 11.3 Å². The van der Waals surface area contributed by atoms with Gasteiger partial charge in [-0.1, -0.05) is 56.5 Å². The maximum Gasteiger partial charge on any atom is 0.0701 e. The van der Waals surface area contributed by atoms with E-state index in [0.29, 0.717) is 6.04 Å². The van der Waals surface area contributed by atoms with Crippen molar-refractivity contribution in [3.63, 3.8) is 0 Å². The van der Waals surface area contributed by atoms with Crippen molar-refractivity contribution in [2.24, 2.45) is 0 Å². The summed E-state index contributed by atoms with van der Waals surface area (Å²) < 4.78 is 1.22. The summed E-state index contributed by atoms with van der Waals surface area (Å²) in [6, 6.07) is 15.7. The Labute approximate surface area is 140 Å². The Kier molecular flexibility index (Phi) is 7.48. The zero-order valence-corrected chi connectivity index (χ0v) is 15.1. The van der Waals surface area contributed by atoms with Crippen LogP contribution in [0, 0.1) is 0 Å². The third-order valence-corrected chi connectivity index (χ3v) is 5.37. The average molecular weight is 366 g/mol. The van der Waals surface area contributed by atoms with Gasteiger partial charge >= 0.3 is 0 Å². The minimum Gasteiger partial charge on any atom is -0.310 e. The molecule has 1 N–H and O–H groups in total. The molecule has 0 saturated carbocycles. The lowest BCUT2D eigenvalue weighted by Gasteiger charge is -2.19. The summed E-state index contributed by atoms with van der Waals surface area (Å²) in [6.45, 7) is 3.30. The molecule has 1 unspecified atom stereocenters.